The van der Waals surface area contributed by atoms with Crippen LogP contribution in [0.25, 0.3) is 0 Å². The second kappa shape index (κ2) is 7.65. The maximum absolute atomic E-state index is 11.4. The second-order valence-corrected chi connectivity index (χ2v) is 3.48. The quantitative estimate of drug-likeness (QED) is 0.668. The lowest BCUT2D eigenvalue weighted by atomic mass is 10.1. The summed E-state index contributed by atoms with van der Waals surface area (Å²) in [6.45, 7) is -0.179. The topological polar surface area (TPSA) is 98.2 Å². The summed E-state index contributed by atoms with van der Waals surface area (Å²) in [6.07, 6.45) is 0.436. The molecule has 0 aromatic heterocycles. The van der Waals surface area contributed by atoms with Gasteiger partial charge in [-0.2, -0.15) is 0 Å². The van der Waals surface area contributed by atoms with Gasteiger partial charge in [-0.15, -0.1) is 12.4 Å². The zero-order chi connectivity index (χ0) is 12.0. The van der Waals surface area contributed by atoms with E-state index in [1.165, 1.54) is 0 Å². The van der Waals surface area contributed by atoms with Crippen LogP contribution >= 0.6 is 12.4 Å². The van der Waals surface area contributed by atoms with Crippen molar-refractivity contribution in [1.82, 2.24) is 5.32 Å². The van der Waals surface area contributed by atoms with Gasteiger partial charge in [0.25, 0.3) is 0 Å². The first-order valence-electron chi connectivity index (χ1n) is 4.95. The molecule has 0 aliphatic heterocycles. The molecule has 6 heteroatoms. The normalized spacial score (nSPS) is 11.1. The molecule has 0 saturated heterocycles. The van der Waals surface area contributed by atoms with Gasteiger partial charge in [-0.3, -0.25) is 9.59 Å². The molecule has 1 rings (SSSR count). The van der Waals surface area contributed by atoms with Gasteiger partial charge in [0.05, 0.1) is 12.6 Å². The number of amides is 2. The molecule has 0 radical (unpaired) electrons. The molecule has 17 heavy (non-hydrogen) atoms. The summed E-state index contributed by atoms with van der Waals surface area (Å²) in [5.74, 6) is -0.956. The van der Waals surface area contributed by atoms with Gasteiger partial charge in [0.15, 0.2) is 0 Å². The van der Waals surface area contributed by atoms with Crippen molar-refractivity contribution in [2.75, 3.05) is 6.54 Å². The standard InChI is InChI=1S/C11H15N3O2.ClH/c12-9(11(16)14-7-10(13)15)6-8-4-2-1-3-5-8;/h1-5,9H,6-7,12H2,(H2,13,15)(H,14,16);1H. The molecule has 1 aromatic carbocycles. The number of carbonyl (C=O) groups excluding carboxylic acids is 2. The molecule has 94 valence electrons. The highest BCUT2D eigenvalue weighted by molar-refractivity contribution is 5.86. The Balaban J connectivity index is 0.00000256. The van der Waals surface area contributed by atoms with Crippen LogP contribution < -0.4 is 16.8 Å². The Kier molecular flexibility index (Phi) is 6.93. The van der Waals surface area contributed by atoms with Crippen molar-refractivity contribution >= 4 is 24.2 Å². The van der Waals surface area contributed by atoms with Gasteiger partial charge in [0, 0.05) is 0 Å². The number of rotatable bonds is 5. The van der Waals surface area contributed by atoms with Crippen LogP contribution in [-0.4, -0.2) is 24.4 Å². The van der Waals surface area contributed by atoms with Crippen LogP contribution in [0.2, 0.25) is 0 Å². The highest BCUT2D eigenvalue weighted by atomic mass is 35.5. The van der Waals surface area contributed by atoms with Crippen LogP contribution in [0.3, 0.4) is 0 Å². The molecule has 5 nitrogen and oxygen atoms in total. The zero-order valence-corrected chi connectivity index (χ0v) is 10.1. The predicted molar refractivity (Wildman–Crippen MR) is 67.6 cm³/mol. The number of nitrogens with one attached hydrogen (secondary N) is 1. The first-order valence-corrected chi connectivity index (χ1v) is 4.95. The van der Waals surface area contributed by atoms with E-state index < -0.39 is 11.9 Å². The van der Waals surface area contributed by atoms with Crippen molar-refractivity contribution < 1.29 is 9.59 Å². The van der Waals surface area contributed by atoms with Gasteiger partial charge in [0.1, 0.15) is 0 Å². The number of benzene rings is 1. The largest absolute Gasteiger partial charge is 0.368 e. The average Bonchev–Trinajstić information content (AvgIpc) is 2.27. The van der Waals surface area contributed by atoms with Gasteiger partial charge < -0.3 is 16.8 Å². The molecule has 2 amide bonds. The molecule has 1 unspecified atom stereocenters. The fourth-order valence-corrected chi connectivity index (χ4v) is 1.27. The Morgan fingerprint density at radius 1 is 1.24 bits per heavy atom. The average molecular weight is 258 g/mol. The van der Waals surface area contributed by atoms with Crippen molar-refractivity contribution in [2.24, 2.45) is 11.5 Å². The lowest BCUT2D eigenvalue weighted by Crippen LogP contribution is -2.44. The lowest BCUT2D eigenvalue weighted by molar-refractivity contribution is -0.125. The first-order chi connectivity index (χ1) is 7.59. The van der Waals surface area contributed by atoms with Gasteiger partial charge in [-0.25, -0.2) is 0 Å². The van der Waals surface area contributed by atoms with Gasteiger partial charge in [-0.1, -0.05) is 30.3 Å². The lowest BCUT2D eigenvalue weighted by Gasteiger charge is -2.11. The number of primary amides is 1. The molecular weight excluding hydrogens is 242 g/mol. The highest BCUT2D eigenvalue weighted by Crippen LogP contribution is 2.01. The predicted octanol–water partition coefficient (Wildman–Crippen LogP) is -0.420. The van der Waals surface area contributed by atoms with Gasteiger partial charge in [0.2, 0.25) is 11.8 Å². The van der Waals surface area contributed by atoms with Crippen molar-refractivity contribution in [3.05, 3.63) is 35.9 Å². The SMILES string of the molecule is Cl.NC(=O)CNC(=O)C(N)Cc1ccccc1. The van der Waals surface area contributed by atoms with E-state index in [2.05, 4.69) is 5.32 Å². The number of carbonyl (C=O) groups is 2. The third-order valence-electron chi connectivity index (χ3n) is 2.07. The van der Waals surface area contributed by atoms with E-state index in [0.29, 0.717) is 6.42 Å². The molecule has 0 aliphatic carbocycles. The minimum Gasteiger partial charge on any atom is -0.368 e. The van der Waals surface area contributed by atoms with Crippen LogP contribution in [0.1, 0.15) is 5.56 Å². The van der Waals surface area contributed by atoms with E-state index in [0.717, 1.165) is 5.56 Å². The van der Waals surface area contributed by atoms with Gasteiger partial charge >= 0.3 is 0 Å². The molecule has 1 aromatic rings. The number of hydrogen-bond donors (Lipinski definition) is 3. The van der Waals surface area contributed by atoms with Crippen LogP contribution in [0, 0.1) is 0 Å². The third kappa shape index (κ3) is 5.89. The molecule has 0 spiro atoms. The molecule has 0 heterocycles. The summed E-state index contributed by atoms with van der Waals surface area (Å²) in [6, 6.07) is 8.76. The maximum Gasteiger partial charge on any atom is 0.237 e. The molecule has 0 saturated carbocycles. The second-order valence-electron chi connectivity index (χ2n) is 3.48. The minimum atomic E-state index is -0.665. The van der Waals surface area contributed by atoms with Crippen molar-refractivity contribution in [3.63, 3.8) is 0 Å². The summed E-state index contributed by atoms with van der Waals surface area (Å²) in [7, 11) is 0. The number of nitrogens with two attached hydrogens (primary N) is 2. The zero-order valence-electron chi connectivity index (χ0n) is 9.26. The highest BCUT2D eigenvalue weighted by Gasteiger charge is 2.13. The van der Waals surface area contributed by atoms with E-state index in [1.807, 2.05) is 30.3 Å². The Morgan fingerprint density at radius 2 is 1.82 bits per heavy atom. The third-order valence-corrected chi connectivity index (χ3v) is 2.07. The fraction of sp³-hybridized carbons (Fsp3) is 0.273. The summed E-state index contributed by atoms with van der Waals surface area (Å²) in [4.78, 5) is 21.9. The smallest absolute Gasteiger partial charge is 0.237 e. The number of hydrogen-bond acceptors (Lipinski definition) is 3. The molecule has 0 bridgehead atoms. The molecule has 1 atom stereocenters. The van der Waals surface area contributed by atoms with Crippen molar-refractivity contribution in [3.8, 4) is 0 Å². The van der Waals surface area contributed by atoms with Crippen LogP contribution in [0.15, 0.2) is 30.3 Å². The van der Waals surface area contributed by atoms with Gasteiger partial charge in [-0.05, 0) is 12.0 Å². The first kappa shape index (κ1) is 15.4. The Bertz CT molecular complexity index is 370. The van der Waals surface area contributed by atoms with Crippen molar-refractivity contribution in [2.45, 2.75) is 12.5 Å². The monoisotopic (exact) mass is 257 g/mol. The summed E-state index contributed by atoms with van der Waals surface area (Å²) >= 11 is 0. The molecule has 0 fully saturated rings. The van der Waals surface area contributed by atoms with E-state index in [4.69, 9.17) is 11.5 Å². The molecule has 5 N–H and O–H groups in total. The Hall–Kier alpha value is -1.59. The maximum atomic E-state index is 11.4. The summed E-state index contributed by atoms with van der Waals surface area (Å²) in [5.41, 5.74) is 11.5. The van der Waals surface area contributed by atoms with Crippen LogP contribution in [-0.2, 0) is 16.0 Å². The van der Waals surface area contributed by atoms with E-state index >= 15 is 0 Å². The summed E-state index contributed by atoms with van der Waals surface area (Å²) in [5, 5.41) is 2.36. The number of halogens is 1. The molecular formula is C11H16ClN3O2. The Morgan fingerprint density at radius 3 is 2.35 bits per heavy atom. The molecule has 0 aliphatic rings. The van der Waals surface area contributed by atoms with Crippen molar-refractivity contribution in [1.29, 1.82) is 0 Å². The van der Waals surface area contributed by atoms with E-state index in [1.54, 1.807) is 0 Å². The van der Waals surface area contributed by atoms with E-state index in [-0.39, 0.29) is 24.9 Å². The minimum absolute atomic E-state index is 0. The van der Waals surface area contributed by atoms with Crippen LogP contribution in [0.5, 0.6) is 0 Å². The Labute approximate surface area is 106 Å². The van der Waals surface area contributed by atoms with Crippen LogP contribution in [0.4, 0.5) is 0 Å². The fourth-order valence-electron chi connectivity index (χ4n) is 1.27. The van der Waals surface area contributed by atoms with E-state index in [9.17, 15) is 9.59 Å². The summed E-state index contributed by atoms with van der Waals surface area (Å²) < 4.78 is 0.